The van der Waals surface area contributed by atoms with Crippen LogP contribution in [0.15, 0.2) is 77.0 Å². The molecule has 0 unspecified atom stereocenters. The van der Waals surface area contributed by atoms with Gasteiger partial charge in [-0.05, 0) is 105 Å². The van der Waals surface area contributed by atoms with Gasteiger partial charge >= 0.3 is 5.97 Å². The molecule has 0 saturated heterocycles. The van der Waals surface area contributed by atoms with Crippen LogP contribution in [0.25, 0.3) is 0 Å². The molecule has 3 N–H and O–H groups in total. The van der Waals surface area contributed by atoms with E-state index in [4.69, 9.17) is 4.74 Å². The summed E-state index contributed by atoms with van der Waals surface area (Å²) in [6, 6.07) is 16.1. The maximum absolute atomic E-state index is 13.7. The summed E-state index contributed by atoms with van der Waals surface area (Å²) in [5, 5.41) is 15.1. The Morgan fingerprint density at radius 1 is 1.06 bits per heavy atom. The van der Waals surface area contributed by atoms with Gasteiger partial charge in [-0.1, -0.05) is 45.9 Å². The minimum absolute atomic E-state index is 0.0373. The smallest absolute Gasteiger partial charge is 0.316 e. The summed E-state index contributed by atoms with van der Waals surface area (Å²) in [5.74, 6) is -0.0877. The van der Waals surface area contributed by atoms with Gasteiger partial charge in [0.15, 0.2) is 0 Å². The first kappa shape index (κ1) is 39.0. The molecule has 3 aliphatic carbocycles. The quantitative estimate of drug-likeness (QED) is 0.102. The monoisotopic (exact) mass is 760 g/mol. The fraction of sp³-hybridized carbons (Fsp3) is 0.512. The van der Waals surface area contributed by atoms with Crippen LogP contribution < -0.4 is 10.0 Å². The number of aliphatic hydroxyl groups excluding tert-OH is 1. The van der Waals surface area contributed by atoms with E-state index in [9.17, 15) is 23.1 Å². The van der Waals surface area contributed by atoms with E-state index < -0.39 is 33.1 Å². The molecule has 3 saturated carbocycles. The van der Waals surface area contributed by atoms with E-state index in [2.05, 4.69) is 47.4 Å². The van der Waals surface area contributed by atoms with Crippen molar-refractivity contribution in [2.75, 3.05) is 15.8 Å². The summed E-state index contributed by atoms with van der Waals surface area (Å²) in [7, 11) is -3.85. The molecule has 0 amide bonds. The third-order valence-corrected chi connectivity index (χ3v) is 15.1. The van der Waals surface area contributed by atoms with Crippen molar-refractivity contribution in [1.29, 1.82) is 0 Å². The molecule has 2 bridgehead atoms. The molecule has 1 heterocycles. The van der Waals surface area contributed by atoms with Crippen LogP contribution in [0.4, 0.5) is 11.6 Å². The van der Waals surface area contributed by atoms with Gasteiger partial charge in [0.2, 0.25) is 5.95 Å². The molecular weight excluding hydrogens is 709 g/mol. The topological polar surface area (TPSA) is 148 Å². The summed E-state index contributed by atoms with van der Waals surface area (Å²) >= 11 is 1.40. The maximum Gasteiger partial charge on any atom is 0.316 e. The fourth-order valence-corrected chi connectivity index (χ4v) is 11.1. The van der Waals surface area contributed by atoms with Crippen molar-refractivity contribution >= 4 is 45.2 Å². The summed E-state index contributed by atoms with van der Waals surface area (Å²) in [4.78, 5) is 36.6. The van der Waals surface area contributed by atoms with E-state index in [0.29, 0.717) is 30.8 Å². The highest BCUT2D eigenvalue weighted by Gasteiger charge is 2.68. The number of aliphatic hydroxyl groups is 1. The first-order valence-corrected chi connectivity index (χ1v) is 20.9. The number of ketones is 1. The third-order valence-electron chi connectivity index (χ3n) is 12.7. The summed E-state index contributed by atoms with van der Waals surface area (Å²) < 4.78 is 34.6. The zero-order valence-corrected chi connectivity index (χ0v) is 33.1. The first-order chi connectivity index (χ1) is 25.0. The highest BCUT2D eigenvalue weighted by molar-refractivity contribution is 8.00. The highest BCUT2D eigenvalue weighted by atomic mass is 32.2. The third kappa shape index (κ3) is 7.51. The SMILES string of the molecule is C=C[C@]1(C)C[C@@H](OC(=O)CSc2ccc(CNc3ccc(S(=O)(=O)Nc4nc(C)cc(C)n4)cc3)cc2)[C@]2(C)[C@H](C)CC[C@]3(CCC(=O)[C@H]32)[C@@H](C)[C@@H]1O. The molecule has 12 heteroatoms. The van der Waals surface area contributed by atoms with Gasteiger partial charge in [0.25, 0.3) is 10.0 Å². The predicted molar refractivity (Wildman–Crippen MR) is 208 cm³/mol. The van der Waals surface area contributed by atoms with Gasteiger partial charge in [-0.2, -0.15) is 0 Å². The van der Waals surface area contributed by atoms with Gasteiger partial charge in [-0.3, -0.25) is 9.59 Å². The second-order valence-electron chi connectivity index (χ2n) is 16.0. The van der Waals surface area contributed by atoms with E-state index in [-0.39, 0.29) is 51.5 Å². The van der Waals surface area contributed by atoms with Gasteiger partial charge in [0.05, 0.1) is 16.8 Å². The van der Waals surface area contributed by atoms with Crippen molar-refractivity contribution in [2.45, 2.75) is 102 Å². The van der Waals surface area contributed by atoms with Gasteiger partial charge in [-0.15, -0.1) is 18.3 Å². The molecule has 3 aromatic rings. The number of ether oxygens (including phenoxy) is 1. The minimum Gasteiger partial charge on any atom is -0.461 e. The number of carbonyl (C=O) groups is 2. The number of Topliss-reactive ketones (excluding diaryl/α,β-unsaturated/α-hetero) is 1. The number of nitrogens with one attached hydrogen (secondary N) is 2. The lowest BCUT2D eigenvalue weighted by Crippen LogP contribution is -2.63. The molecule has 8 atom stereocenters. The fourth-order valence-electron chi connectivity index (χ4n) is 9.45. The number of hydrogen-bond donors (Lipinski definition) is 3. The van der Waals surface area contributed by atoms with E-state index in [1.165, 1.54) is 23.9 Å². The lowest BCUT2D eigenvalue weighted by molar-refractivity contribution is -0.205. The van der Waals surface area contributed by atoms with E-state index in [0.717, 1.165) is 35.4 Å². The van der Waals surface area contributed by atoms with Gasteiger partial charge < -0.3 is 15.2 Å². The van der Waals surface area contributed by atoms with Crippen molar-refractivity contribution in [1.82, 2.24) is 9.97 Å². The van der Waals surface area contributed by atoms with E-state index >= 15 is 0 Å². The zero-order chi connectivity index (χ0) is 38.3. The summed E-state index contributed by atoms with van der Waals surface area (Å²) in [5.41, 5.74) is 1.59. The average Bonchev–Trinajstić information content (AvgIpc) is 3.47. The van der Waals surface area contributed by atoms with Gasteiger partial charge in [0.1, 0.15) is 11.9 Å². The number of aryl methyl sites for hydroxylation is 2. The molecule has 0 aliphatic heterocycles. The zero-order valence-electron chi connectivity index (χ0n) is 31.5. The number of sulfonamides is 1. The molecule has 6 rings (SSSR count). The average molecular weight is 761 g/mol. The van der Waals surface area contributed by atoms with Gasteiger partial charge in [-0.25, -0.2) is 23.1 Å². The molecule has 10 nitrogen and oxygen atoms in total. The number of rotatable bonds is 11. The Morgan fingerprint density at radius 3 is 2.36 bits per heavy atom. The number of thioether (sulfide) groups is 1. The number of carbonyl (C=O) groups excluding carboxylic acids is 2. The van der Waals surface area contributed by atoms with Crippen molar-refractivity contribution in [3.8, 4) is 0 Å². The van der Waals surface area contributed by atoms with E-state index in [1.54, 1.807) is 32.0 Å². The molecule has 0 spiro atoms. The van der Waals surface area contributed by atoms with Crippen molar-refractivity contribution in [2.24, 2.45) is 34.0 Å². The second kappa shape index (κ2) is 14.8. The van der Waals surface area contributed by atoms with Crippen LogP contribution in [-0.2, 0) is 30.9 Å². The molecule has 3 aliphatic rings. The standard InChI is InChI=1S/C41H52N4O6S2/c1-8-39(6)22-34(40(7)25(2)17-19-41(28(5)37(39)48)20-18-33(46)36(40)41)51-35(47)24-52-31-13-9-29(10-14-31)23-42-30-11-15-32(16-12-30)53(49,50)45-38-43-26(3)21-27(4)44-38/h8-16,21,25,28,34,36-37,42,48H,1,17-20,22-24H2,2-7H3,(H,43,44,45)/t25-,28+,34-,36+,37+,39-,40+,41+/m1/s1. The van der Waals surface area contributed by atoms with Crippen LogP contribution in [0.2, 0.25) is 0 Å². The molecule has 0 radical (unpaired) electrons. The first-order valence-electron chi connectivity index (χ1n) is 18.5. The van der Waals surface area contributed by atoms with Crippen LogP contribution in [0.5, 0.6) is 0 Å². The molecule has 1 aromatic heterocycles. The van der Waals surface area contributed by atoms with Crippen LogP contribution >= 0.6 is 11.8 Å². The molecule has 3 fully saturated rings. The number of hydrogen-bond acceptors (Lipinski definition) is 10. The second-order valence-corrected chi connectivity index (χ2v) is 18.7. The van der Waals surface area contributed by atoms with Gasteiger partial charge in [0, 0.05) is 51.7 Å². The lowest BCUT2D eigenvalue weighted by atomic mass is 9.44. The highest BCUT2D eigenvalue weighted by Crippen LogP contribution is 2.68. The Hall–Kier alpha value is -3.74. The van der Waals surface area contributed by atoms with Crippen molar-refractivity contribution in [3.05, 3.63) is 84.2 Å². The molecule has 53 heavy (non-hydrogen) atoms. The van der Waals surface area contributed by atoms with Crippen molar-refractivity contribution in [3.63, 3.8) is 0 Å². The van der Waals surface area contributed by atoms with Crippen molar-refractivity contribution < 1.29 is 27.9 Å². The minimum atomic E-state index is -3.85. The Morgan fingerprint density at radius 2 is 1.72 bits per heavy atom. The van der Waals surface area contributed by atoms with Crippen LogP contribution in [-0.4, -0.2) is 53.2 Å². The Kier molecular flexibility index (Phi) is 10.9. The Bertz CT molecular complexity index is 1950. The van der Waals surface area contributed by atoms with Crippen LogP contribution in [0.3, 0.4) is 0 Å². The maximum atomic E-state index is 13.7. The normalized spacial score (nSPS) is 31.2. The van der Waals surface area contributed by atoms with Crippen LogP contribution in [0.1, 0.15) is 76.8 Å². The van der Waals surface area contributed by atoms with Crippen LogP contribution in [0, 0.1) is 47.8 Å². The summed E-state index contributed by atoms with van der Waals surface area (Å²) in [6.45, 7) is 16.6. The number of aromatic nitrogens is 2. The number of anilines is 2. The van der Waals surface area contributed by atoms with E-state index in [1.807, 2.05) is 37.3 Å². The Balaban J connectivity index is 1.06. The predicted octanol–water partition coefficient (Wildman–Crippen LogP) is 7.50. The Labute approximate surface area is 318 Å². The number of nitrogens with zero attached hydrogens (tertiary/aromatic N) is 2. The molecule has 284 valence electrons. The molecular formula is C41H52N4O6S2. The lowest BCUT2D eigenvalue weighted by Gasteiger charge is -2.61. The summed E-state index contributed by atoms with van der Waals surface area (Å²) in [6.07, 6.45) is 4.11. The largest absolute Gasteiger partial charge is 0.461 e. The number of benzene rings is 2. The molecule has 2 aromatic carbocycles. The number of esters is 1.